The summed E-state index contributed by atoms with van der Waals surface area (Å²) in [5, 5.41) is 1.53. The van der Waals surface area contributed by atoms with Gasteiger partial charge < -0.3 is 37.6 Å². The van der Waals surface area contributed by atoms with E-state index in [1.54, 1.807) is 51.7 Å². The van der Waals surface area contributed by atoms with Gasteiger partial charge in [-0.1, -0.05) is 0 Å². The summed E-state index contributed by atoms with van der Waals surface area (Å²) in [7, 11) is 9.73. The van der Waals surface area contributed by atoms with Gasteiger partial charge in [0.1, 0.15) is 33.7 Å². The molecule has 4 heterocycles. The first-order valence-electron chi connectivity index (χ1n) is 14.7. The Bertz CT molecular complexity index is 1950. The average molecular weight is 605 g/mol. The van der Waals surface area contributed by atoms with Crippen LogP contribution in [0.2, 0.25) is 0 Å². The van der Waals surface area contributed by atoms with Crippen LogP contribution in [-0.4, -0.2) is 48.8 Å². The molecule has 0 spiro atoms. The molecule has 2 aliphatic heterocycles. The summed E-state index contributed by atoms with van der Waals surface area (Å²) < 4.78 is 39.1. The summed E-state index contributed by atoms with van der Waals surface area (Å²) in [6, 6.07) is 7.47. The molecule has 0 saturated heterocycles. The van der Waals surface area contributed by atoms with Gasteiger partial charge in [-0.05, 0) is 64.8 Å². The van der Waals surface area contributed by atoms with Crippen molar-refractivity contribution in [2.45, 2.75) is 57.7 Å². The van der Waals surface area contributed by atoms with E-state index in [9.17, 15) is 9.59 Å². The number of hydrogen-bond donors (Lipinski definition) is 0. The molecule has 2 unspecified atom stereocenters. The third-order valence-corrected chi connectivity index (χ3v) is 9.44. The summed E-state index contributed by atoms with van der Waals surface area (Å²) in [5.41, 5.74) is 0.671. The molecule has 0 saturated carbocycles. The Kier molecular flexibility index (Phi) is 6.83. The second-order valence-corrected chi connectivity index (χ2v) is 12.9. The summed E-state index contributed by atoms with van der Waals surface area (Å²) >= 11 is 0. The minimum Gasteiger partial charge on any atom is -0.493 e. The lowest BCUT2D eigenvalue weighted by Crippen LogP contribution is -2.51. The van der Waals surface area contributed by atoms with E-state index in [1.807, 2.05) is 52.0 Å². The minimum absolute atomic E-state index is 0.172. The maximum Gasteiger partial charge on any atom is 0.258 e. The van der Waals surface area contributed by atoms with E-state index in [-0.39, 0.29) is 23.0 Å². The largest absolute Gasteiger partial charge is 0.493 e. The molecule has 2 aromatic heterocycles. The summed E-state index contributed by atoms with van der Waals surface area (Å²) in [4.78, 5) is 28.3. The maximum absolute atomic E-state index is 14.3. The molecule has 0 fully saturated rings. The van der Waals surface area contributed by atoms with E-state index in [4.69, 9.17) is 28.4 Å². The summed E-state index contributed by atoms with van der Waals surface area (Å²) in [5.74, 6) is 2.59. The number of hydrogen-bond acceptors (Lipinski definition) is 8. The molecular weight excluding hydrogens is 564 g/mol. The topological polar surface area (TPSA) is 99.4 Å². The monoisotopic (exact) mass is 604 g/mol. The zero-order chi connectivity index (χ0) is 31.9. The highest BCUT2D eigenvalue weighted by Gasteiger charge is 2.50. The minimum atomic E-state index is -0.744. The standard InChI is InChI=1S/C34H40N2O8/c1-33(2)16-20(24-28(43-33)18-12-14-23(40-8)30(42-10)26(18)36(6)32(24)38)21-15-19-27(44-34(21,3)4)17-11-13-22(39-7)29(41-9)25(17)35(5)31(19)37/h11-14,20-21H,15-16H2,1-10H3. The molecule has 2 aromatic carbocycles. The lowest BCUT2D eigenvalue weighted by Gasteiger charge is -2.48. The van der Waals surface area contributed by atoms with Crippen LogP contribution in [0, 0.1) is 5.92 Å². The number of methoxy groups -OCH3 is 4. The second-order valence-electron chi connectivity index (χ2n) is 12.9. The molecule has 234 valence electrons. The second kappa shape index (κ2) is 10.1. The van der Waals surface area contributed by atoms with Crippen LogP contribution in [0.4, 0.5) is 0 Å². The van der Waals surface area contributed by atoms with E-state index in [0.717, 1.165) is 10.8 Å². The highest BCUT2D eigenvalue weighted by molar-refractivity contribution is 5.94. The van der Waals surface area contributed by atoms with Crippen molar-refractivity contribution in [3.63, 3.8) is 0 Å². The van der Waals surface area contributed by atoms with Gasteiger partial charge in [-0.3, -0.25) is 9.59 Å². The van der Waals surface area contributed by atoms with Gasteiger partial charge in [-0.25, -0.2) is 0 Å². The van der Waals surface area contributed by atoms with Crippen molar-refractivity contribution in [2.75, 3.05) is 28.4 Å². The normalized spacial score (nSPS) is 19.9. The van der Waals surface area contributed by atoms with Crippen LogP contribution in [0.15, 0.2) is 33.9 Å². The van der Waals surface area contributed by atoms with Crippen molar-refractivity contribution >= 4 is 21.8 Å². The average Bonchev–Trinajstić information content (AvgIpc) is 2.99. The zero-order valence-electron chi connectivity index (χ0n) is 27.0. The predicted octanol–water partition coefficient (Wildman–Crippen LogP) is 5.10. The van der Waals surface area contributed by atoms with Crippen LogP contribution in [0.5, 0.6) is 34.5 Å². The fourth-order valence-electron chi connectivity index (χ4n) is 7.40. The molecule has 0 amide bonds. The van der Waals surface area contributed by atoms with Gasteiger partial charge >= 0.3 is 0 Å². The number of fused-ring (bicyclic) bond motifs is 6. The lowest BCUT2D eigenvalue weighted by atomic mass is 9.67. The van der Waals surface area contributed by atoms with Gasteiger partial charge in [-0.2, -0.15) is 0 Å². The number of ether oxygens (including phenoxy) is 6. The quantitative estimate of drug-likeness (QED) is 0.310. The van der Waals surface area contributed by atoms with E-state index in [1.165, 1.54) is 0 Å². The Morgan fingerprint density at radius 1 is 0.727 bits per heavy atom. The number of aryl methyl sites for hydroxylation is 2. The molecule has 2 atom stereocenters. The van der Waals surface area contributed by atoms with Gasteiger partial charge in [0.05, 0.1) is 39.6 Å². The van der Waals surface area contributed by atoms with Crippen molar-refractivity contribution in [1.29, 1.82) is 0 Å². The molecule has 2 aliphatic rings. The van der Waals surface area contributed by atoms with Gasteiger partial charge in [0.15, 0.2) is 23.0 Å². The molecule has 44 heavy (non-hydrogen) atoms. The molecule has 10 nitrogen and oxygen atoms in total. The zero-order valence-corrected chi connectivity index (χ0v) is 27.0. The lowest BCUT2D eigenvalue weighted by molar-refractivity contribution is -0.0136. The first-order chi connectivity index (χ1) is 20.8. The van der Waals surface area contributed by atoms with Crippen LogP contribution in [-0.2, 0) is 20.5 Å². The van der Waals surface area contributed by atoms with Gasteiger partial charge in [-0.15, -0.1) is 0 Å². The number of rotatable bonds is 5. The van der Waals surface area contributed by atoms with E-state index in [0.29, 0.717) is 69.5 Å². The molecule has 0 aliphatic carbocycles. The predicted molar refractivity (Wildman–Crippen MR) is 169 cm³/mol. The SMILES string of the molecule is COc1ccc2c3c(c(=O)n(C)c2c1OC)CC(C1CC(C)(C)Oc2c1c(=O)n(C)c1c(OC)c(OC)ccc21)C(C)(C)O3. The van der Waals surface area contributed by atoms with Crippen LogP contribution in [0.25, 0.3) is 21.8 Å². The van der Waals surface area contributed by atoms with E-state index < -0.39 is 11.2 Å². The molecule has 0 N–H and O–H groups in total. The maximum atomic E-state index is 14.3. The smallest absolute Gasteiger partial charge is 0.258 e. The van der Waals surface area contributed by atoms with Crippen molar-refractivity contribution in [3.05, 3.63) is 56.1 Å². The third kappa shape index (κ3) is 4.13. The Morgan fingerprint density at radius 2 is 1.25 bits per heavy atom. The van der Waals surface area contributed by atoms with Crippen molar-refractivity contribution in [3.8, 4) is 34.5 Å². The van der Waals surface area contributed by atoms with Crippen LogP contribution >= 0.6 is 0 Å². The van der Waals surface area contributed by atoms with Gasteiger partial charge in [0.25, 0.3) is 11.1 Å². The number of pyridine rings is 2. The Morgan fingerprint density at radius 3 is 1.77 bits per heavy atom. The highest BCUT2D eigenvalue weighted by atomic mass is 16.5. The number of nitrogens with zero attached hydrogens (tertiary/aromatic N) is 2. The Labute approximate surface area is 256 Å². The third-order valence-electron chi connectivity index (χ3n) is 9.44. The molecule has 4 aromatic rings. The highest BCUT2D eigenvalue weighted by Crippen LogP contribution is 2.53. The molecule has 0 bridgehead atoms. The first-order valence-corrected chi connectivity index (χ1v) is 14.7. The number of aromatic nitrogens is 2. The first kappa shape index (κ1) is 29.7. The van der Waals surface area contributed by atoms with E-state index in [2.05, 4.69) is 0 Å². The van der Waals surface area contributed by atoms with Crippen molar-refractivity contribution in [1.82, 2.24) is 9.13 Å². The van der Waals surface area contributed by atoms with Crippen LogP contribution in [0.1, 0.15) is 51.2 Å². The molecule has 0 radical (unpaired) electrons. The van der Waals surface area contributed by atoms with Gasteiger partial charge in [0, 0.05) is 36.7 Å². The summed E-state index contributed by atoms with van der Waals surface area (Å²) in [6.45, 7) is 8.13. The van der Waals surface area contributed by atoms with Crippen LogP contribution in [0.3, 0.4) is 0 Å². The molecule has 10 heteroatoms. The van der Waals surface area contributed by atoms with Gasteiger partial charge in [0.2, 0.25) is 0 Å². The van der Waals surface area contributed by atoms with E-state index >= 15 is 0 Å². The van der Waals surface area contributed by atoms with Crippen LogP contribution < -0.4 is 39.5 Å². The van der Waals surface area contributed by atoms with Crippen molar-refractivity contribution < 1.29 is 28.4 Å². The fraction of sp³-hybridized carbons (Fsp3) is 0.471. The Hall–Kier alpha value is -4.34. The molecular formula is C34H40N2O8. The molecule has 6 rings (SSSR count). The van der Waals surface area contributed by atoms with Crippen molar-refractivity contribution in [2.24, 2.45) is 20.0 Å². The fourth-order valence-corrected chi connectivity index (χ4v) is 7.40. The Balaban J connectivity index is 1.59. The summed E-state index contributed by atoms with van der Waals surface area (Å²) in [6.07, 6.45) is 0.992. The number of benzene rings is 2.